The zero-order valence-corrected chi connectivity index (χ0v) is 16.2. The van der Waals surface area contributed by atoms with E-state index in [0.717, 1.165) is 16.1 Å². The number of alkyl halides is 3. The monoisotopic (exact) mass is 423 g/mol. The van der Waals surface area contributed by atoms with Crippen molar-refractivity contribution in [1.82, 2.24) is 4.98 Å². The summed E-state index contributed by atoms with van der Waals surface area (Å²) < 4.78 is 36.3. The van der Waals surface area contributed by atoms with Crippen LogP contribution in [0.5, 0.6) is 0 Å². The third kappa shape index (κ3) is 6.46. The molecule has 0 fully saturated rings. The zero-order valence-electron chi connectivity index (χ0n) is 13.8. The van der Waals surface area contributed by atoms with Crippen molar-refractivity contribution in [2.45, 2.75) is 31.3 Å². The first kappa shape index (κ1) is 21.0. The molecule has 4 nitrogen and oxygen atoms in total. The molecule has 1 aromatic carbocycles. The number of nitrogens with two attached hydrogens (primary N) is 1. The molecule has 142 valence electrons. The minimum Gasteiger partial charge on any atom is -0.320 e. The fourth-order valence-electron chi connectivity index (χ4n) is 2.09. The van der Waals surface area contributed by atoms with E-state index in [1.54, 1.807) is 6.07 Å². The van der Waals surface area contributed by atoms with Crippen LogP contribution in [0, 0.1) is 6.92 Å². The maximum absolute atomic E-state index is 12.1. The Morgan fingerprint density at radius 3 is 2.77 bits per heavy atom. The molecule has 1 aromatic heterocycles. The third-order valence-corrected chi connectivity index (χ3v) is 5.67. The van der Waals surface area contributed by atoms with Crippen molar-refractivity contribution in [2.75, 3.05) is 11.1 Å². The van der Waals surface area contributed by atoms with Gasteiger partial charge in [-0.15, -0.1) is 11.3 Å². The Morgan fingerprint density at radius 2 is 2.12 bits per heavy atom. The first-order valence-corrected chi connectivity index (χ1v) is 9.80. The summed E-state index contributed by atoms with van der Waals surface area (Å²) in [5, 5.41) is 3.59. The van der Waals surface area contributed by atoms with Crippen LogP contribution in [0.3, 0.4) is 0 Å². The molecular formula is C16H17ClF3N3OS2. The Balaban J connectivity index is 1.94. The first-order valence-electron chi connectivity index (χ1n) is 7.62. The molecule has 0 bridgehead atoms. The second kappa shape index (κ2) is 9.07. The minimum atomic E-state index is -4.32. The van der Waals surface area contributed by atoms with E-state index >= 15 is 0 Å². The molecule has 0 aliphatic heterocycles. The predicted molar refractivity (Wildman–Crippen MR) is 101 cm³/mol. The van der Waals surface area contributed by atoms with Gasteiger partial charge in [0.2, 0.25) is 5.91 Å². The van der Waals surface area contributed by atoms with Gasteiger partial charge in [0.25, 0.3) is 0 Å². The molecule has 26 heavy (non-hydrogen) atoms. The number of carbonyl (C=O) groups excluding carboxylic acids is 1. The molecule has 0 saturated carbocycles. The van der Waals surface area contributed by atoms with Gasteiger partial charge in [0.1, 0.15) is 0 Å². The number of aryl methyl sites for hydroxylation is 1. The molecule has 0 unspecified atom stereocenters. The van der Waals surface area contributed by atoms with Crippen molar-refractivity contribution >= 4 is 45.7 Å². The number of nitrogens with one attached hydrogen (secondary N) is 1. The van der Waals surface area contributed by atoms with Crippen LogP contribution in [0.1, 0.15) is 22.6 Å². The van der Waals surface area contributed by atoms with E-state index in [-0.39, 0.29) is 23.9 Å². The molecule has 0 saturated heterocycles. The average Bonchev–Trinajstić information content (AvgIpc) is 2.87. The van der Waals surface area contributed by atoms with E-state index < -0.39 is 17.5 Å². The summed E-state index contributed by atoms with van der Waals surface area (Å²) >= 11 is 7.26. The van der Waals surface area contributed by atoms with Crippen molar-refractivity contribution < 1.29 is 18.0 Å². The van der Waals surface area contributed by atoms with Crippen LogP contribution in [0.15, 0.2) is 24.3 Å². The van der Waals surface area contributed by atoms with E-state index in [9.17, 15) is 18.0 Å². The topological polar surface area (TPSA) is 68.0 Å². The lowest BCUT2D eigenvalue weighted by atomic mass is 10.1. The quantitative estimate of drug-likeness (QED) is 0.682. The van der Waals surface area contributed by atoms with Crippen molar-refractivity contribution in [3.05, 3.63) is 45.4 Å². The van der Waals surface area contributed by atoms with Gasteiger partial charge >= 0.3 is 5.51 Å². The number of benzene rings is 1. The molecule has 1 atom stereocenters. The number of hydrogen-bond donors (Lipinski definition) is 2. The average molecular weight is 424 g/mol. The van der Waals surface area contributed by atoms with Crippen molar-refractivity contribution in [3.63, 3.8) is 0 Å². The highest BCUT2D eigenvalue weighted by molar-refractivity contribution is 8.00. The van der Waals surface area contributed by atoms with Gasteiger partial charge in [-0.2, -0.15) is 13.2 Å². The van der Waals surface area contributed by atoms with Gasteiger partial charge in [-0.05, 0) is 25.0 Å². The first-order chi connectivity index (χ1) is 12.2. The summed E-state index contributed by atoms with van der Waals surface area (Å²) in [7, 11) is 0. The fourth-order valence-corrected chi connectivity index (χ4v) is 3.89. The van der Waals surface area contributed by atoms with Crippen LogP contribution >= 0.6 is 34.7 Å². The molecular weight excluding hydrogens is 407 g/mol. The molecule has 0 spiro atoms. The lowest BCUT2D eigenvalue weighted by Gasteiger charge is -2.11. The van der Waals surface area contributed by atoms with Gasteiger partial charge in [0.05, 0.1) is 11.7 Å². The van der Waals surface area contributed by atoms with Crippen LogP contribution in [0.4, 0.5) is 18.3 Å². The molecule has 2 aromatic rings. The number of hydrogen-bond acceptors (Lipinski definition) is 5. The number of amides is 1. The van der Waals surface area contributed by atoms with E-state index in [4.69, 9.17) is 17.3 Å². The smallest absolute Gasteiger partial charge is 0.320 e. The highest BCUT2D eigenvalue weighted by atomic mass is 35.5. The summed E-state index contributed by atoms with van der Waals surface area (Å²) in [5.41, 5.74) is 3.03. The molecule has 3 N–H and O–H groups in total. The lowest BCUT2D eigenvalue weighted by Crippen LogP contribution is -2.36. The molecule has 1 amide bonds. The van der Waals surface area contributed by atoms with E-state index in [0.29, 0.717) is 16.6 Å². The Kier molecular flexibility index (Phi) is 7.33. The lowest BCUT2D eigenvalue weighted by molar-refractivity contribution is -0.117. The largest absolute Gasteiger partial charge is 0.441 e. The minimum absolute atomic E-state index is 0.0765. The van der Waals surface area contributed by atoms with E-state index in [1.807, 2.05) is 25.1 Å². The maximum atomic E-state index is 12.1. The molecule has 0 aliphatic rings. The fraction of sp³-hybridized carbons (Fsp3) is 0.375. The third-order valence-electron chi connectivity index (χ3n) is 3.46. The van der Waals surface area contributed by atoms with Gasteiger partial charge in [0.15, 0.2) is 5.13 Å². The number of rotatable bonds is 7. The predicted octanol–water partition coefficient (Wildman–Crippen LogP) is 4.60. The zero-order chi connectivity index (χ0) is 19.3. The Hall–Kier alpha value is -1.29. The number of thiazole rings is 1. The van der Waals surface area contributed by atoms with Crippen LogP contribution in [-0.4, -0.2) is 28.2 Å². The van der Waals surface area contributed by atoms with Gasteiger partial charge in [-0.25, -0.2) is 4.98 Å². The summed E-state index contributed by atoms with van der Waals surface area (Å²) in [6.07, 6.45) is 0.500. The molecule has 10 heteroatoms. The van der Waals surface area contributed by atoms with Crippen molar-refractivity contribution in [1.29, 1.82) is 0 Å². The number of carbonyl (C=O) groups is 1. The second-order valence-corrected chi connectivity index (χ2v) is 8.13. The summed E-state index contributed by atoms with van der Waals surface area (Å²) in [4.78, 5) is 17.2. The SMILES string of the molecule is Cc1nc(NC(=O)[C@@H](N)CCSC(F)(F)F)sc1Cc1ccccc1Cl. The van der Waals surface area contributed by atoms with E-state index in [1.165, 1.54) is 11.3 Å². The molecule has 0 radical (unpaired) electrons. The van der Waals surface area contributed by atoms with Crippen LogP contribution in [0.2, 0.25) is 5.02 Å². The summed E-state index contributed by atoms with van der Waals surface area (Å²) in [6, 6.07) is 6.41. The van der Waals surface area contributed by atoms with Crippen LogP contribution in [-0.2, 0) is 11.2 Å². The summed E-state index contributed by atoms with van der Waals surface area (Å²) in [5.74, 6) is -0.821. The van der Waals surface area contributed by atoms with Gasteiger partial charge in [0, 0.05) is 22.1 Å². The number of nitrogens with zero attached hydrogens (tertiary/aromatic N) is 1. The van der Waals surface area contributed by atoms with Gasteiger partial charge < -0.3 is 11.1 Å². The number of anilines is 1. The Morgan fingerprint density at radius 1 is 1.42 bits per heavy atom. The van der Waals surface area contributed by atoms with Crippen molar-refractivity contribution in [2.24, 2.45) is 5.73 Å². The molecule has 1 heterocycles. The standard InChI is InChI=1S/C16H17ClF3N3OS2/c1-9-13(8-10-4-2-3-5-11(10)17)26-15(22-9)23-14(24)12(21)6-7-25-16(18,19)20/h2-5,12H,6-8,21H2,1H3,(H,22,23,24)/t12-/m0/s1. The summed E-state index contributed by atoms with van der Waals surface area (Å²) in [6.45, 7) is 1.82. The van der Waals surface area contributed by atoms with E-state index in [2.05, 4.69) is 10.3 Å². The van der Waals surface area contributed by atoms with Crippen LogP contribution in [0.25, 0.3) is 0 Å². The Bertz CT molecular complexity index is 767. The van der Waals surface area contributed by atoms with Gasteiger partial charge in [-0.1, -0.05) is 41.6 Å². The van der Waals surface area contributed by atoms with Gasteiger partial charge in [-0.3, -0.25) is 4.79 Å². The second-order valence-electron chi connectivity index (χ2n) is 5.47. The number of halogens is 4. The highest BCUT2D eigenvalue weighted by Crippen LogP contribution is 2.31. The molecule has 2 rings (SSSR count). The normalized spacial score (nSPS) is 12.8. The molecule has 0 aliphatic carbocycles. The number of aromatic nitrogens is 1. The maximum Gasteiger partial charge on any atom is 0.441 e. The highest BCUT2D eigenvalue weighted by Gasteiger charge is 2.28. The number of thioether (sulfide) groups is 1. The Labute approximate surface area is 162 Å². The van der Waals surface area contributed by atoms with Crippen molar-refractivity contribution in [3.8, 4) is 0 Å². The van der Waals surface area contributed by atoms with Crippen LogP contribution < -0.4 is 11.1 Å².